The van der Waals surface area contributed by atoms with Crippen molar-refractivity contribution in [2.24, 2.45) is 0 Å². The fourth-order valence-corrected chi connectivity index (χ4v) is 1.55. The molecule has 0 bridgehead atoms. The highest BCUT2D eigenvalue weighted by atomic mass is 16.3. The Morgan fingerprint density at radius 1 is 1.31 bits per heavy atom. The molecule has 2 rings (SSSR count). The van der Waals surface area contributed by atoms with Gasteiger partial charge in [-0.25, -0.2) is 4.68 Å². The van der Waals surface area contributed by atoms with Crippen molar-refractivity contribution in [3.8, 4) is 11.4 Å². The van der Waals surface area contributed by atoms with E-state index in [9.17, 15) is 9.90 Å². The molecule has 0 aliphatic heterocycles. The van der Waals surface area contributed by atoms with Crippen molar-refractivity contribution in [1.82, 2.24) is 9.78 Å². The van der Waals surface area contributed by atoms with E-state index in [0.29, 0.717) is 5.69 Å². The first-order chi connectivity index (χ1) is 7.61. The number of benzene rings is 1. The molecule has 0 fully saturated rings. The molecule has 16 heavy (non-hydrogen) atoms. The quantitative estimate of drug-likeness (QED) is 0.782. The summed E-state index contributed by atoms with van der Waals surface area (Å²) in [5.41, 5.74) is 1.50. The SMILES string of the molecule is CC(=O)c1nn(-c2ccccc2)c(C)c1O. The minimum atomic E-state index is -0.240. The van der Waals surface area contributed by atoms with Crippen LogP contribution in [0.2, 0.25) is 0 Å². The van der Waals surface area contributed by atoms with E-state index in [-0.39, 0.29) is 17.2 Å². The van der Waals surface area contributed by atoms with Crippen LogP contribution in [0.3, 0.4) is 0 Å². The summed E-state index contributed by atoms with van der Waals surface area (Å²) in [6.45, 7) is 3.11. The van der Waals surface area contributed by atoms with Crippen molar-refractivity contribution >= 4 is 5.78 Å². The van der Waals surface area contributed by atoms with Crippen LogP contribution in [0.25, 0.3) is 5.69 Å². The Balaban J connectivity index is 2.60. The summed E-state index contributed by atoms with van der Waals surface area (Å²) in [4.78, 5) is 11.2. The molecule has 4 heteroatoms. The summed E-state index contributed by atoms with van der Waals surface area (Å²) in [7, 11) is 0. The topological polar surface area (TPSA) is 55.1 Å². The fourth-order valence-electron chi connectivity index (χ4n) is 1.55. The van der Waals surface area contributed by atoms with Crippen LogP contribution in [0.5, 0.6) is 5.75 Å². The minimum absolute atomic E-state index is 0.0450. The highest BCUT2D eigenvalue weighted by Gasteiger charge is 2.17. The van der Waals surface area contributed by atoms with Gasteiger partial charge in [0.2, 0.25) is 0 Å². The Labute approximate surface area is 93.1 Å². The number of para-hydroxylation sites is 1. The third kappa shape index (κ3) is 1.58. The monoisotopic (exact) mass is 216 g/mol. The smallest absolute Gasteiger partial charge is 0.183 e. The van der Waals surface area contributed by atoms with E-state index >= 15 is 0 Å². The molecule has 0 radical (unpaired) electrons. The Bertz CT molecular complexity index is 529. The van der Waals surface area contributed by atoms with E-state index in [0.717, 1.165) is 5.69 Å². The second-order valence-corrected chi connectivity index (χ2v) is 3.59. The number of ketones is 1. The lowest BCUT2D eigenvalue weighted by atomic mass is 10.2. The Kier molecular flexibility index (Phi) is 2.48. The Morgan fingerprint density at radius 2 is 1.94 bits per heavy atom. The van der Waals surface area contributed by atoms with Crippen LogP contribution >= 0.6 is 0 Å². The molecule has 0 aliphatic carbocycles. The molecule has 0 saturated heterocycles. The van der Waals surface area contributed by atoms with Crippen LogP contribution in [-0.4, -0.2) is 20.7 Å². The number of hydrogen-bond acceptors (Lipinski definition) is 3. The van der Waals surface area contributed by atoms with E-state index < -0.39 is 0 Å². The fraction of sp³-hybridized carbons (Fsp3) is 0.167. The number of carbonyl (C=O) groups is 1. The molecule has 1 heterocycles. The average Bonchev–Trinajstić information content (AvgIpc) is 2.58. The van der Waals surface area contributed by atoms with Crippen LogP contribution in [0.1, 0.15) is 23.1 Å². The second kappa shape index (κ2) is 3.81. The molecule has 4 nitrogen and oxygen atoms in total. The van der Waals surface area contributed by atoms with Crippen molar-refractivity contribution in [3.63, 3.8) is 0 Å². The molecule has 0 amide bonds. The van der Waals surface area contributed by atoms with Crippen molar-refractivity contribution in [3.05, 3.63) is 41.7 Å². The van der Waals surface area contributed by atoms with E-state index in [1.165, 1.54) is 6.92 Å². The predicted octanol–water partition coefficient (Wildman–Crippen LogP) is 2.09. The van der Waals surface area contributed by atoms with Gasteiger partial charge in [-0.05, 0) is 19.1 Å². The molecule has 0 aliphatic rings. The predicted molar refractivity (Wildman–Crippen MR) is 60.0 cm³/mol. The summed E-state index contributed by atoms with van der Waals surface area (Å²) in [5, 5.41) is 13.8. The molecule has 1 aromatic carbocycles. The number of rotatable bonds is 2. The van der Waals surface area contributed by atoms with Gasteiger partial charge in [-0.2, -0.15) is 5.10 Å². The largest absolute Gasteiger partial charge is 0.504 e. The number of Topliss-reactive ketones (excluding diaryl/α,β-unsaturated/α-hetero) is 1. The van der Waals surface area contributed by atoms with Gasteiger partial charge in [0.25, 0.3) is 0 Å². The molecule has 1 aromatic heterocycles. The van der Waals surface area contributed by atoms with Gasteiger partial charge >= 0.3 is 0 Å². The van der Waals surface area contributed by atoms with Gasteiger partial charge in [0, 0.05) is 6.92 Å². The lowest BCUT2D eigenvalue weighted by molar-refractivity contribution is 0.101. The number of hydrogen-bond donors (Lipinski definition) is 1. The molecular weight excluding hydrogens is 204 g/mol. The minimum Gasteiger partial charge on any atom is -0.504 e. The Morgan fingerprint density at radius 3 is 2.44 bits per heavy atom. The third-order valence-corrected chi connectivity index (χ3v) is 2.42. The lowest BCUT2D eigenvalue weighted by Crippen LogP contribution is -2.00. The van der Waals surface area contributed by atoms with Gasteiger partial charge in [-0.15, -0.1) is 0 Å². The maximum atomic E-state index is 11.2. The standard InChI is InChI=1S/C12H12N2O2/c1-8-12(16)11(9(2)15)13-14(8)10-6-4-3-5-7-10/h3-7,16H,1-2H3. The maximum Gasteiger partial charge on any atom is 0.183 e. The number of aromatic nitrogens is 2. The molecule has 1 N–H and O–H groups in total. The van der Waals surface area contributed by atoms with Crippen molar-refractivity contribution in [1.29, 1.82) is 0 Å². The molecular formula is C12H12N2O2. The zero-order valence-electron chi connectivity index (χ0n) is 9.14. The van der Waals surface area contributed by atoms with Gasteiger partial charge < -0.3 is 5.11 Å². The Hall–Kier alpha value is -2.10. The summed E-state index contributed by atoms with van der Waals surface area (Å²) in [5.74, 6) is -0.286. The molecule has 82 valence electrons. The van der Waals surface area contributed by atoms with Crippen LogP contribution in [-0.2, 0) is 0 Å². The molecule has 0 unspecified atom stereocenters. The second-order valence-electron chi connectivity index (χ2n) is 3.59. The van der Waals surface area contributed by atoms with Gasteiger partial charge in [0.15, 0.2) is 17.2 Å². The first kappa shape index (κ1) is 10.4. The molecule has 0 saturated carbocycles. The first-order valence-electron chi connectivity index (χ1n) is 4.96. The van der Waals surface area contributed by atoms with E-state index in [1.807, 2.05) is 30.3 Å². The first-order valence-corrected chi connectivity index (χ1v) is 4.96. The zero-order chi connectivity index (χ0) is 11.7. The zero-order valence-corrected chi connectivity index (χ0v) is 9.14. The van der Waals surface area contributed by atoms with Crippen LogP contribution < -0.4 is 0 Å². The van der Waals surface area contributed by atoms with E-state index in [2.05, 4.69) is 5.10 Å². The van der Waals surface area contributed by atoms with E-state index in [1.54, 1.807) is 11.6 Å². The van der Waals surface area contributed by atoms with E-state index in [4.69, 9.17) is 0 Å². The summed E-state index contributed by atoms with van der Waals surface area (Å²) in [6.07, 6.45) is 0. The van der Waals surface area contributed by atoms with Gasteiger partial charge in [0.1, 0.15) is 0 Å². The highest BCUT2D eigenvalue weighted by Crippen LogP contribution is 2.24. The van der Waals surface area contributed by atoms with Gasteiger partial charge in [-0.1, -0.05) is 18.2 Å². The summed E-state index contributed by atoms with van der Waals surface area (Å²) in [6, 6.07) is 9.38. The molecule has 0 spiro atoms. The number of aromatic hydroxyl groups is 1. The normalized spacial score (nSPS) is 10.4. The summed E-state index contributed by atoms with van der Waals surface area (Å²) < 4.78 is 1.56. The van der Waals surface area contributed by atoms with Crippen molar-refractivity contribution in [2.45, 2.75) is 13.8 Å². The van der Waals surface area contributed by atoms with Gasteiger partial charge in [-0.3, -0.25) is 4.79 Å². The van der Waals surface area contributed by atoms with Crippen LogP contribution in [0.4, 0.5) is 0 Å². The number of nitrogens with zero attached hydrogens (tertiary/aromatic N) is 2. The molecule has 2 aromatic rings. The van der Waals surface area contributed by atoms with Crippen LogP contribution in [0, 0.1) is 6.92 Å². The maximum absolute atomic E-state index is 11.2. The third-order valence-electron chi connectivity index (χ3n) is 2.42. The van der Waals surface area contributed by atoms with Gasteiger partial charge in [0.05, 0.1) is 11.4 Å². The van der Waals surface area contributed by atoms with Crippen molar-refractivity contribution in [2.75, 3.05) is 0 Å². The molecule has 0 atom stereocenters. The van der Waals surface area contributed by atoms with Crippen molar-refractivity contribution < 1.29 is 9.90 Å². The summed E-state index contributed by atoms with van der Waals surface area (Å²) >= 11 is 0. The number of carbonyl (C=O) groups excluding carboxylic acids is 1. The van der Waals surface area contributed by atoms with Crippen LogP contribution in [0.15, 0.2) is 30.3 Å². The highest BCUT2D eigenvalue weighted by molar-refractivity contribution is 5.95. The lowest BCUT2D eigenvalue weighted by Gasteiger charge is -2.02. The average molecular weight is 216 g/mol.